The minimum atomic E-state index is -0.475. The lowest BCUT2D eigenvalue weighted by Crippen LogP contribution is -2.06. The van der Waals surface area contributed by atoms with Crippen molar-refractivity contribution in [1.82, 2.24) is 5.16 Å². The molecule has 7 heteroatoms. The molecule has 0 unspecified atom stereocenters. The van der Waals surface area contributed by atoms with Gasteiger partial charge in [0.05, 0.1) is 24.7 Å². The molecule has 0 aliphatic rings. The van der Waals surface area contributed by atoms with E-state index in [0.717, 1.165) is 4.88 Å². The van der Waals surface area contributed by atoms with Crippen molar-refractivity contribution in [3.05, 3.63) is 53.0 Å². The SMILES string of the molecule is COc1ccc(C(=O)OCc2cc(-c3cccs3)on2)cc1OC. The van der Waals surface area contributed by atoms with E-state index in [9.17, 15) is 4.79 Å². The number of carbonyl (C=O) groups excluding carboxylic acids is 1. The first-order valence-electron chi connectivity index (χ1n) is 7.10. The van der Waals surface area contributed by atoms with E-state index in [-0.39, 0.29) is 6.61 Å². The van der Waals surface area contributed by atoms with Crippen molar-refractivity contribution >= 4 is 17.3 Å². The van der Waals surface area contributed by atoms with Gasteiger partial charge < -0.3 is 18.7 Å². The highest BCUT2D eigenvalue weighted by Gasteiger charge is 2.14. The summed E-state index contributed by atoms with van der Waals surface area (Å²) in [7, 11) is 3.04. The van der Waals surface area contributed by atoms with Gasteiger partial charge in [-0.2, -0.15) is 0 Å². The number of thiophene rings is 1. The highest BCUT2D eigenvalue weighted by atomic mass is 32.1. The lowest BCUT2D eigenvalue weighted by atomic mass is 10.2. The van der Waals surface area contributed by atoms with Crippen molar-refractivity contribution < 1.29 is 23.5 Å². The van der Waals surface area contributed by atoms with Crippen molar-refractivity contribution in [2.45, 2.75) is 6.61 Å². The quantitative estimate of drug-likeness (QED) is 0.633. The molecule has 0 spiro atoms. The third-order valence-corrected chi connectivity index (χ3v) is 4.18. The second kappa shape index (κ2) is 7.18. The van der Waals surface area contributed by atoms with Crippen LogP contribution in [0.15, 0.2) is 46.3 Å². The first kappa shape index (κ1) is 16.1. The molecule has 124 valence electrons. The first-order chi connectivity index (χ1) is 11.7. The monoisotopic (exact) mass is 345 g/mol. The molecule has 0 amide bonds. The zero-order valence-corrected chi connectivity index (χ0v) is 14.0. The summed E-state index contributed by atoms with van der Waals surface area (Å²) >= 11 is 1.55. The Morgan fingerprint density at radius 1 is 1.17 bits per heavy atom. The van der Waals surface area contributed by atoms with Crippen LogP contribution in [0, 0.1) is 0 Å². The first-order valence-corrected chi connectivity index (χ1v) is 7.98. The number of hydrogen-bond donors (Lipinski definition) is 0. The molecule has 2 heterocycles. The molecule has 0 aliphatic heterocycles. The molecule has 1 aromatic carbocycles. The molecular weight excluding hydrogens is 330 g/mol. The van der Waals surface area contributed by atoms with Crippen molar-refractivity contribution in [3.8, 4) is 22.1 Å². The van der Waals surface area contributed by atoms with E-state index in [0.29, 0.717) is 28.5 Å². The number of rotatable bonds is 6. The van der Waals surface area contributed by atoms with E-state index < -0.39 is 5.97 Å². The fourth-order valence-corrected chi connectivity index (χ4v) is 2.77. The predicted molar refractivity (Wildman–Crippen MR) is 88.5 cm³/mol. The number of methoxy groups -OCH3 is 2. The topological polar surface area (TPSA) is 70.8 Å². The zero-order chi connectivity index (χ0) is 16.9. The van der Waals surface area contributed by atoms with Crippen LogP contribution in [0.2, 0.25) is 0 Å². The van der Waals surface area contributed by atoms with Crippen LogP contribution in [0.1, 0.15) is 16.1 Å². The normalized spacial score (nSPS) is 10.4. The third-order valence-electron chi connectivity index (χ3n) is 3.29. The Morgan fingerprint density at radius 3 is 2.71 bits per heavy atom. The van der Waals surface area contributed by atoms with Crippen molar-refractivity contribution in [2.75, 3.05) is 14.2 Å². The molecule has 0 aliphatic carbocycles. The van der Waals surface area contributed by atoms with E-state index in [4.69, 9.17) is 18.7 Å². The molecule has 3 rings (SSSR count). The number of hydrogen-bond acceptors (Lipinski definition) is 7. The summed E-state index contributed by atoms with van der Waals surface area (Å²) in [6.45, 7) is 0.0298. The van der Waals surface area contributed by atoms with Gasteiger partial charge in [-0.1, -0.05) is 11.2 Å². The molecule has 0 N–H and O–H groups in total. The molecule has 0 saturated carbocycles. The average molecular weight is 345 g/mol. The number of ether oxygens (including phenoxy) is 3. The molecule has 0 atom stereocenters. The molecule has 3 aromatic rings. The fraction of sp³-hybridized carbons (Fsp3) is 0.176. The van der Waals surface area contributed by atoms with Crippen LogP contribution in [0.4, 0.5) is 0 Å². The van der Waals surface area contributed by atoms with Crippen LogP contribution in [-0.2, 0) is 11.3 Å². The number of aromatic nitrogens is 1. The zero-order valence-electron chi connectivity index (χ0n) is 13.1. The Labute approximate surface area is 142 Å². The van der Waals surface area contributed by atoms with Crippen LogP contribution in [0.3, 0.4) is 0 Å². The number of carbonyl (C=O) groups is 1. The van der Waals surface area contributed by atoms with Crippen LogP contribution < -0.4 is 9.47 Å². The highest BCUT2D eigenvalue weighted by Crippen LogP contribution is 2.28. The van der Waals surface area contributed by atoms with Gasteiger partial charge in [0.1, 0.15) is 12.3 Å². The Bertz CT molecular complexity index is 825. The van der Waals surface area contributed by atoms with Gasteiger partial charge in [-0.15, -0.1) is 11.3 Å². The maximum Gasteiger partial charge on any atom is 0.338 e. The van der Waals surface area contributed by atoms with Crippen molar-refractivity contribution in [1.29, 1.82) is 0 Å². The highest BCUT2D eigenvalue weighted by molar-refractivity contribution is 7.13. The van der Waals surface area contributed by atoms with Gasteiger partial charge in [-0.05, 0) is 29.6 Å². The molecule has 2 aromatic heterocycles. The van der Waals surface area contributed by atoms with Gasteiger partial charge in [0, 0.05) is 6.07 Å². The second-order valence-electron chi connectivity index (χ2n) is 4.81. The minimum absolute atomic E-state index is 0.0298. The fourth-order valence-electron chi connectivity index (χ4n) is 2.10. The smallest absolute Gasteiger partial charge is 0.338 e. The van der Waals surface area contributed by atoms with Crippen LogP contribution in [-0.4, -0.2) is 25.3 Å². The lowest BCUT2D eigenvalue weighted by molar-refractivity contribution is 0.0464. The van der Waals surface area contributed by atoms with Crippen LogP contribution in [0.25, 0.3) is 10.6 Å². The van der Waals surface area contributed by atoms with Gasteiger partial charge in [0.15, 0.2) is 17.3 Å². The summed E-state index contributed by atoms with van der Waals surface area (Å²) in [6.07, 6.45) is 0. The number of esters is 1. The molecule has 24 heavy (non-hydrogen) atoms. The van der Waals surface area contributed by atoms with E-state index in [1.807, 2.05) is 17.5 Å². The van der Waals surface area contributed by atoms with E-state index in [1.165, 1.54) is 14.2 Å². The summed E-state index contributed by atoms with van der Waals surface area (Å²) in [5.41, 5.74) is 0.918. The third kappa shape index (κ3) is 3.41. The Morgan fingerprint density at radius 2 is 2.00 bits per heavy atom. The minimum Gasteiger partial charge on any atom is -0.493 e. The molecule has 6 nitrogen and oxygen atoms in total. The van der Waals surface area contributed by atoms with Gasteiger partial charge in [0.2, 0.25) is 0 Å². The maximum absolute atomic E-state index is 12.1. The van der Waals surface area contributed by atoms with Crippen molar-refractivity contribution in [2.24, 2.45) is 0 Å². The van der Waals surface area contributed by atoms with Crippen molar-refractivity contribution in [3.63, 3.8) is 0 Å². The standard InChI is InChI=1S/C17H15NO5S/c1-20-13-6-5-11(8-14(13)21-2)17(19)22-10-12-9-15(23-18-12)16-4-3-7-24-16/h3-9H,10H2,1-2H3. The van der Waals surface area contributed by atoms with Crippen LogP contribution >= 0.6 is 11.3 Å². The number of benzene rings is 1. The molecular formula is C17H15NO5S. The molecule has 0 radical (unpaired) electrons. The summed E-state index contributed by atoms with van der Waals surface area (Å²) in [5, 5.41) is 5.86. The largest absolute Gasteiger partial charge is 0.493 e. The van der Waals surface area contributed by atoms with E-state index >= 15 is 0 Å². The van der Waals surface area contributed by atoms with Gasteiger partial charge >= 0.3 is 5.97 Å². The summed E-state index contributed by atoms with van der Waals surface area (Å²) in [5.74, 6) is 1.19. The Hall–Kier alpha value is -2.80. The molecule has 0 saturated heterocycles. The summed E-state index contributed by atoms with van der Waals surface area (Å²) in [4.78, 5) is 13.1. The summed E-state index contributed by atoms with van der Waals surface area (Å²) in [6, 6.07) is 10.5. The molecule has 0 fully saturated rings. The van der Waals surface area contributed by atoms with E-state index in [2.05, 4.69) is 5.16 Å². The lowest BCUT2D eigenvalue weighted by Gasteiger charge is -2.09. The van der Waals surface area contributed by atoms with E-state index in [1.54, 1.807) is 35.6 Å². The van der Waals surface area contributed by atoms with Crippen LogP contribution in [0.5, 0.6) is 11.5 Å². The van der Waals surface area contributed by atoms with Gasteiger partial charge in [-0.25, -0.2) is 4.79 Å². The van der Waals surface area contributed by atoms with Gasteiger partial charge in [0.25, 0.3) is 0 Å². The average Bonchev–Trinajstić information content (AvgIpc) is 3.30. The second-order valence-corrected chi connectivity index (χ2v) is 5.75. The Kier molecular flexibility index (Phi) is 4.81. The number of nitrogens with zero attached hydrogens (tertiary/aromatic N) is 1. The van der Waals surface area contributed by atoms with Gasteiger partial charge in [-0.3, -0.25) is 0 Å². The molecule has 0 bridgehead atoms. The maximum atomic E-state index is 12.1. The summed E-state index contributed by atoms with van der Waals surface area (Å²) < 4.78 is 20.8. The Balaban J connectivity index is 1.65. The predicted octanol–water partition coefficient (Wildman–Crippen LogP) is 3.78.